The molecule has 0 atom stereocenters. The zero-order chi connectivity index (χ0) is 10.3. The molecule has 0 bridgehead atoms. The lowest BCUT2D eigenvalue weighted by Gasteiger charge is -1.98. The molecule has 72 valence electrons. The quantitative estimate of drug-likeness (QED) is 0.646. The summed E-state index contributed by atoms with van der Waals surface area (Å²) in [6.07, 6.45) is 0.689. The molecule has 3 nitrogen and oxygen atoms in total. The second kappa shape index (κ2) is 2.90. The van der Waals surface area contributed by atoms with Gasteiger partial charge in [-0.1, -0.05) is 0 Å². The topological polar surface area (TPSA) is 34.9 Å². The fourth-order valence-corrected chi connectivity index (χ4v) is 1.50. The molecule has 0 aliphatic rings. The molecule has 1 heterocycles. The number of carbonyl (C=O) groups excluding carboxylic acids is 1. The Morgan fingerprint density at radius 1 is 1.50 bits per heavy atom. The Balaban J connectivity index is 2.98. The highest BCUT2D eigenvalue weighted by Crippen LogP contribution is 2.20. The van der Waals surface area contributed by atoms with E-state index < -0.39 is 0 Å². The van der Waals surface area contributed by atoms with Crippen molar-refractivity contribution in [3.8, 4) is 0 Å². The third-order valence-corrected chi connectivity index (χ3v) is 2.35. The van der Waals surface area contributed by atoms with Gasteiger partial charge in [0.15, 0.2) is 6.29 Å². The molecule has 0 N–H and O–H groups in total. The predicted octanol–water partition coefficient (Wildman–Crippen LogP) is 1.83. The molecule has 0 spiro atoms. The highest BCUT2D eigenvalue weighted by atomic mass is 19.1. The number of aromatic nitrogens is 2. The normalized spacial score (nSPS) is 10.8. The van der Waals surface area contributed by atoms with Crippen molar-refractivity contribution in [2.45, 2.75) is 6.92 Å². The summed E-state index contributed by atoms with van der Waals surface area (Å²) in [5.74, 6) is 0.335. The van der Waals surface area contributed by atoms with Crippen molar-refractivity contribution in [1.29, 1.82) is 0 Å². The summed E-state index contributed by atoms with van der Waals surface area (Å²) in [7, 11) is 1.72. The molecule has 0 unspecified atom stereocenters. The number of rotatable bonds is 1. The molecule has 0 aliphatic heterocycles. The maximum atomic E-state index is 13.4. The van der Waals surface area contributed by atoms with Gasteiger partial charge in [0.25, 0.3) is 0 Å². The molecule has 2 rings (SSSR count). The largest absolute Gasteiger partial charge is 0.329 e. The van der Waals surface area contributed by atoms with Gasteiger partial charge in [0.05, 0.1) is 0 Å². The van der Waals surface area contributed by atoms with Crippen molar-refractivity contribution in [3.63, 3.8) is 0 Å². The summed E-state index contributed by atoms with van der Waals surface area (Å²) in [6, 6.07) is 2.73. The van der Waals surface area contributed by atoms with Crippen LogP contribution in [0.1, 0.15) is 16.2 Å². The van der Waals surface area contributed by atoms with E-state index in [2.05, 4.69) is 4.98 Å². The first-order chi connectivity index (χ1) is 6.65. The number of halogens is 1. The molecule has 0 saturated carbocycles. The Morgan fingerprint density at radius 3 is 2.86 bits per heavy atom. The number of hydrogen-bond donors (Lipinski definition) is 0. The molecule has 1 aromatic carbocycles. The zero-order valence-corrected chi connectivity index (χ0v) is 7.91. The Labute approximate surface area is 80.2 Å². The smallest absolute Gasteiger partial charge is 0.152 e. The minimum atomic E-state index is -0.353. The molecule has 14 heavy (non-hydrogen) atoms. The molecular weight excluding hydrogens is 183 g/mol. The number of aldehydes is 1. The van der Waals surface area contributed by atoms with Gasteiger partial charge in [0.2, 0.25) is 0 Å². The lowest BCUT2D eigenvalue weighted by atomic mass is 10.2. The first-order valence-corrected chi connectivity index (χ1v) is 4.22. The Morgan fingerprint density at radius 2 is 2.21 bits per heavy atom. The van der Waals surface area contributed by atoms with Gasteiger partial charge in [-0.05, 0) is 19.1 Å². The fourth-order valence-electron chi connectivity index (χ4n) is 1.50. The Bertz CT molecular complexity index is 516. The van der Waals surface area contributed by atoms with Crippen molar-refractivity contribution in [2.75, 3.05) is 0 Å². The van der Waals surface area contributed by atoms with Crippen molar-refractivity contribution in [3.05, 3.63) is 29.3 Å². The van der Waals surface area contributed by atoms with E-state index in [-0.39, 0.29) is 5.82 Å². The van der Waals surface area contributed by atoms with Crippen LogP contribution in [0.25, 0.3) is 11.0 Å². The van der Waals surface area contributed by atoms with Crippen molar-refractivity contribution < 1.29 is 9.18 Å². The number of fused-ring (bicyclic) bond motifs is 1. The van der Waals surface area contributed by atoms with Gasteiger partial charge >= 0.3 is 0 Å². The number of nitrogens with zero attached hydrogens (tertiary/aromatic N) is 2. The Hall–Kier alpha value is -1.71. The van der Waals surface area contributed by atoms with Crippen LogP contribution < -0.4 is 0 Å². The second-order valence-corrected chi connectivity index (χ2v) is 3.17. The van der Waals surface area contributed by atoms with Crippen LogP contribution in [-0.4, -0.2) is 15.8 Å². The van der Waals surface area contributed by atoms with E-state index in [0.717, 1.165) is 0 Å². The number of benzene rings is 1. The number of aryl methyl sites for hydroxylation is 2. The van der Waals surface area contributed by atoms with Gasteiger partial charge < -0.3 is 4.57 Å². The highest BCUT2D eigenvalue weighted by molar-refractivity contribution is 5.94. The number of hydrogen-bond acceptors (Lipinski definition) is 2. The van der Waals surface area contributed by atoms with Crippen LogP contribution >= 0.6 is 0 Å². The minimum absolute atomic E-state index is 0.353. The average molecular weight is 192 g/mol. The zero-order valence-electron chi connectivity index (χ0n) is 7.91. The van der Waals surface area contributed by atoms with Crippen LogP contribution in [0.5, 0.6) is 0 Å². The SMILES string of the molecule is Cc1nc2c(C=O)ccc(F)c2n1C. The monoisotopic (exact) mass is 192 g/mol. The summed E-state index contributed by atoms with van der Waals surface area (Å²) in [4.78, 5) is 14.8. The first kappa shape index (κ1) is 8.87. The number of imidazole rings is 1. The van der Waals surface area contributed by atoms with E-state index in [1.54, 1.807) is 18.5 Å². The fraction of sp³-hybridized carbons (Fsp3) is 0.200. The van der Waals surface area contributed by atoms with Gasteiger partial charge in [-0.3, -0.25) is 4.79 Å². The van der Waals surface area contributed by atoms with Gasteiger partial charge in [-0.2, -0.15) is 0 Å². The van der Waals surface area contributed by atoms with Gasteiger partial charge in [-0.25, -0.2) is 9.37 Å². The Kier molecular flexibility index (Phi) is 1.84. The van der Waals surface area contributed by atoms with E-state index in [1.807, 2.05) is 0 Å². The van der Waals surface area contributed by atoms with Crippen molar-refractivity contribution in [1.82, 2.24) is 9.55 Å². The number of carbonyl (C=O) groups is 1. The molecule has 4 heteroatoms. The lowest BCUT2D eigenvalue weighted by Crippen LogP contribution is -1.93. The molecule has 1 aromatic heterocycles. The van der Waals surface area contributed by atoms with Crippen LogP contribution in [0.3, 0.4) is 0 Å². The van der Waals surface area contributed by atoms with Crippen LogP contribution in [0.15, 0.2) is 12.1 Å². The lowest BCUT2D eigenvalue weighted by molar-refractivity contribution is 0.112. The van der Waals surface area contributed by atoms with Crippen LogP contribution in [0, 0.1) is 12.7 Å². The molecule has 0 radical (unpaired) electrons. The van der Waals surface area contributed by atoms with E-state index in [1.165, 1.54) is 12.1 Å². The van der Waals surface area contributed by atoms with E-state index in [0.29, 0.717) is 28.7 Å². The van der Waals surface area contributed by atoms with Crippen LogP contribution in [-0.2, 0) is 7.05 Å². The summed E-state index contributed by atoms with van der Waals surface area (Å²) in [5.41, 5.74) is 1.23. The second-order valence-electron chi connectivity index (χ2n) is 3.17. The van der Waals surface area contributed by atoms with Crippen LogP contribution in [0.4, 0.5) is 4.39 Å². The third kappa shape index (κ3) is 1.04. The molecule has 0 aliphatic carbocycles. The van der Waals surface area contributed by atoms with E-state index in [4.69, 9.17) is 0 Å². The first-order valence-electron chi connectivity index (χ1n) is 4.22. The maximum absolute atomic E-state index is 13.4. The van der Waals surface area contributed by atoms with Gasteiger partial charge in [0, 0.05) is 12.6 Å². The van der Waals surface area contributed by atoms with Crippen molar-refractivity contribution in [2.24, 2.45) is 7.05 Å². The van der Waals surface area contributed by atoms with E-state index >= 15 is 0 Å². The molecule has 0 fully saturated rings. The minimum Gasteiger partial charge on any atom is -0.329 e. The van der Waals surface area contributed by atoms with Gasteiger partial charge in [-0.15, -0.1) is 0 Å². The molecule has 0 saturated heterocycles. The predicted molar refractivity (Wildman–Crippen MR) is 50.8 cm³/mol. The summed E-state index contributed by atoms with van der Waals surface area (Å²) in [6.45, 7) is 1.77. The summed E-state index contributed by atoms with van der Waals surface area (Å²) >= 11 is 0. The molecule has 0 amide bonds. The average Bonchev–Trinajstić information content (AvgIpc) is 2.45. The standard InChI is InChI=1S/C10H9FN2O/c1-6-12-9-7(5-14)3-4-8(11)10(9)13(6)2/h3-5H,1-2H3. The third-order valence-electron chi connectivity index (χ3n) is 2.35. The maximum Gasteiger partial charge on any atom is 0.152 e. The van der Waals surface area contributed by atoms with Crippen molar-refractivity contribution >= 4 is 17.3 Å². The highest BCUT2D eigenvalue weighted by Gasteiger charge is 2.12. The van der Waals surface area contributed by atoms with Crippen LogP contribution in [0.2, 0.25) is 0 Å². The summed E-state index contributed by atoms with van der Waals surface area (Å²) in [5, 5.41) is 0. The molecule has 2 aromatic rings. The summed E-state index contributed by atoms with van der Waals surface area (Å²) < 4.78 is 15.0. The van der Waals surface area contributed by atoms with Gasteiger partial charge in [0.1, 0.15) is 22.7 Å². The molecular formula is C10H9FN2O. The van der Waals surface area contributed by atoms with E-state index in [9.17, 15) is 9.18 Å².